The maximum Gasteiger partial charge on any atom is 0.361 e. The van der Waals surface area contributed by atoms with Crippen molar-refractivity contribution in [2.75, 3.05) is 47.5 Å². The van der Waals surface area contributed by atoms with Crippen LogP contribution in [0.2, 0.25) is 0 Å². The SMILES string of the molecule is CC/C=C\C/C=C\C/C=C\C/C=C\C/C=C\CCCCCCCCCCCCCCCCCC(=O)OC(COC(=O)CCCCC/C=C\C/C=C\C/C=C\C/C=C\C/C=C\CC)COC(OCC[N+](C)(C)C)C(=O)O. The second kappa shape index (κ2) is 55.9. The van der Waals surface area contributed by atoms with Crippen molar-refractivity contribution < 1.29 is 42.9 Å². The molecule has 0 aromatic carbocycles. The summed E-state index contributed by atoms with van der Waals surface area (Å²) >= 11 is 0. The Morgan fingerprint density at radius 1 is 0.400 bits per heavy atom. The van der Waals surface area contributed by atoms with Crippen LogP contribution in [0.1, 0.15) is 219 Å². The molecule has 0 aromatic heterocycles. The molecule has 2 unspecified atom stereocenters. The molecule has 75 heavy (non-hydrogen) atoms. The van der Waals surface area contributed by atoms with E-state index >= 15 is 0 Å². The van der Waals surface area contributed by atoms with Crippen LogP contribution in [0.5, 0.6) is 0 Å². The number of unbranched alkanes of at least 4 members (excludes halogenated alkanes) is 18. The topological polar surface area (TPSA) is 108 Å². The first-order valence-electron chi connectivity index (χ1n) is 29.7. The van der Waals surface area contributed by atoms with Crippen molar-refractivity contribution in [3.63, 3.8) is 0 Å². The predicted molar refractivity (Wildman–Crippen MR) is 318 cm³/mol. The first-order chi connectivity index (χ1) is 36.6. The first kappa shape index (κ1) is 70.7. The number of carboxylic acid groups (broad SMARTS) is 1. The summed E-state index contributed by atoms with van der Waals surface area (Å²) in [6, 6.07) is 0. The molecule has 0 aromatic rings. The molecule has 1 N–H and O–H groups in total. The first-order valence-corrected chi connectivity index (χ1v) is 29.7. The van der Waals surface area contributed by atoms with Crippen LogP contribution in [0.15, 0.2) is 122 Å². The van der Waals surface area contributed by atoms with Crippen molar-refractivity contribution in [3.8, 4) is 0 Å². The van der Waals surface area contributed by atoms with E-state index in [1.807, 2.05) is 21.1 Å². The van der Waals surface area contributed by atoms with Crippen LogP contribution in [0, 0.1) is 0 Å². The highest BCUT2D eigenvalue weighted by Crippen LogP contribution is 2.15. The van der Waals surface area contributed by atoms with E-state index < -0.39 is 24.3 Å². The van der Waals surface area contributed by atoms with Gasteiger partial charge in [-0.05, 0) is 103 Å². The van der Waals surface area contributed by atoms with E-state index in [9.17, 15) is 19.5 Å². The molecule has 0 radical (unpaired) electrons. The summed E-state index contributed by atoms with van der Waals surface area (Å²) in [6.45, 7) is 4.60. The predicted octanol–water partition coefficient (Wildman–Crippen LogP) is 17.7. The molecule has 0 saturated carbocycles. The summed E-state index contributed by atoms with van der Waals surface area (Å²) in [4.78, 5) is 37.4. The highest BCUT2D eigenvalue weighted by Gasteiger charge is 2.25. The molecule has 0 aliphatic heterocycles. The number of carbonyl (C=O) groups is 3. The standard InChI is InChI=1S/C66H109NO8/c1-6-8-10-12-14-16-18-20-22-24-26-27-28-29-30-31-32-33-34-35-36-37-39-41-43-45-47-49-51-53-55-57-64(69)75-62(61-74-66(65(70)71)72-59-58-67(3,4)5)60-73-63(68)56-54-52-50-48-46-44-42-40-38-25-23-21-19-17-15-13-11-9-7-2/h8-11,14-17,20-23,26-27,29-30,38,40,44,46,62,66H,6-7,12-13,18-19,24-25,28,31-37,39,41-43,45,47-61H2,1-5H3/p+1/b10-8-,11-9-,16-14-,17-15-,22-20-,23-21-,27-26-,30-29-,40-38-,46-44-. The summed E-state index contributed by atoms with van der Waals surface area (Å²) in [5, 5.41) is 9.71. The maximum absolute atomic E-state index is 12.9. The van der Waals surface area contributed by atoms with E-state index in [2.05, 4.69) is 135 Å². The van der Waals surface area contributed by atoms with Crippen molar-refractivity contribution in [2.24, 2.45) is 0 Å². The molecule has 9 heteroatoms. The van der Waals surface area contributed by atoms with Gasteiger partial charge in [0.15, 0.2) is 6.10 Å². The minimum absolute atomic E-state index is 0.176. The van der Waals surface area contributed by atoms with Gasteiger partial charge in [-0.15, -0.1) is 0 Å². The smallest absolute Gasteiger partial charge is 0.361 e. The second-order valence-corrected chi connectivity index (χ2v) is 20.5. The molecule has 0 aliphatic carbocycles. The Hall–Kier alpha value is -4.31. The number of ether oxygens (including phenoxy) is 4. The summed E-state index contributed by atoms with van der Waals surface area (Å²) in [6.07, 6.45) is 75.7. The van der Waals surface area contributed by atoms with Crippen LogP contribution in [-0.4, -0.2) is 87.4 Å². The third-order valence-electron chi connectivity index (χ3n) is 12.2. The van der Waals surface area contributed by atoms with Gasteiger partial charge in [0.25, 0.3) is 6.29 Å². The number of nitrogens with zero attached hydrogens (tertiary/aromatic N) is 1. The summed E-state index contributed by atoms with van der Waals surface area (Å²) in [5.41, 5.74) is 0. The lowest BCUT2D eigenvalue weighted by atomic mass is 10.0. The molecule has 0 aliphatic rings. The summed E-state index contributed by atoms with van der Waals surface area (Å²) in [5.74, 6) is -2.06. The van der Waals surface area contributed by atoms with Crippen molar-refractivity contribution >= 4 is 17.9 Å². The molecule has 0 heterocycles. The molecule has 0 bridgehead atoms. The largest absolute Gasteiger partial charge is 0.477 e. The average Bonchev–Trinajstić information content (AvgIpc) is 3.38. The van der Waals surface area contributed by atoms with Gasteiger partial charge in [0.2, 0.25) is 0 Å². The molecule has 0 fully saturated rings. The fraction of sp³-hybridized carbons (Fsp3) is 0.652. The Morgan fingerprint density at radius 2 is 0.720 bits per heavy atom. The molecule has 0 amide bonds. The zero-order chi connectivity index (χ0) is 54.8. The molecule has 0 spiro atoms. The Morgan fingerprint density at radius 3 is 1.08 bits per heavy atom. The van der Waals surface area contributed by atoms with Crippen LogP contribution in [0.25, 0.3) is 0 Å². The van der Waals surface area contributed by atoms with Crippen LogP contribution in [0.3, 0.4) is 0 Å². The van der Waals surface area contributed by atoms with Gasteiger partial charge in [-0.3, -0.25) is 9.59 Å². The van der Waals surface area contributed by atoms with Gasteiger partial charge < -0.3 is 28.5 Å². The van der Waals surface area contributed by atoms with Crippen molar-refractivity contribution in [1.29, 1.82) is 0 Å². The number of hydrogen-bond donors (Lipinski definition) is 1. The summed E-state index contributed by atoms with van der Waals surface area (Å²) < 4.78 is 22.8. The minimum Gasteiger partial charge on any atom is -0.477 e. The maximum atomic E-state index is 12.9. The van der Waals surface area contributed by atoms with Crippen LogP contribution in [0.4, 0.5) is 0 Å². The van der Waals surface area contributed by atoms with E-state index in [-0.39, 0.29) is 38.6 Å². The van der Waals surface area contributed by atoms with Gasteiger partial charge in [-0.2, -0.15) is 0 Å². The molecule has 9 nitrogen and oxygen atoms in total. The van der Waals surface area contributed by atoms with Crippen molar-refractivity contribution in [3.05, 3.63) is 122 Å². The van der Waals surface area contributed by atoms with E-state index in [4.69, 9.17) is 18.9 Å². The Kier molecular flexibility index (Phi) is 52.7. The lowest BCUT2D eigenvalue weighted by Gasteiger charge is -2.25. The number of quaternary nitrogens is 1. The van der Waals surface area contributed by atoms with Gasteiger partial charge in [-0.1, -0.05) is 225 Å². The van der Waals surface area contributed by atoms with Gasteiger partial charge in [0, 0.05) is 12.8 Å². The Bertz CT molecular complexity index is 1640. The van der Waals surface area contributed by atoms with Gasteiger partial charge in [0.05, 0.1) is 34.4 Å². The fourth-order valence-electron chi connectivity index (χ4n) is 7.71. The van der Waals surface area contributed by atoms with E-state index in [1.165, 1.54) is 77.0 Å². The number of esters is 2. The highest BCUT2D eigenvalue weighted by atomic mass is 16.7. The van der Waals surface area contributed by atoms with Crippen LogP contribution in [-0.2, 0) is 33.3 Å². The monoisotopic (exact) mass is 1040 g/mol. The minimum atomic E-state index is -1.52. The quantitative estimate of drug-likeness (QED) is 0.0211. The van der Waals surface area contributed by atoms with Gasteiger partial charge in [0.1, 0.15) is 13.2 Å². The number of rotatable bonds is 53. The lowest BCUT2D eigenvalue weighted by Crippen LogP contribution is -2.40. The third kappa shape index (κ3) is 57.2. The molecule has 2 atom stereocenters. The number of aliphatic carboxylic acids is 1. The average molecular weight is 1050 g/mol. The summed E-state index contributed by atoms with van der Waals surface area (Å²) in [7, 11) is 5.95. The number of hydrogen-bond acceptors (Lipinski definition) is 7. The Labute approximate surface area is 459 Å². The number of allylic oxidation sites excluding steroid dienone is 20. The van der Waals surface area contributed by atoms with E-state index in [0.29, 0.717) is 23.9 Å². The van der Waals surface area contributed by atoms with E-state index in [1.54, 1.807) is 0 Å². The zero-order valence-electron chi connectivity index (χ0n) is 48.4. The van der Waals surface area contributed by atoms with Crippen molar-refractivity contribution in [1.82, 2.24) is 0 Å². The zero-order valence-corrected chi connectivity index (χ0v) is 48.4. The van der Waals surface area contributed by atoms with Crippen LogP contribution < -0.4 is 0 Å². The molecular formula is C66H110NO8+. The Balaban J connectivity index is 4.24. The van der Waals surface area contributed by atoms with Gasteiger partial charge >= 0.3 is 17.9 Å². The van der Waals surface area contributed by atoms with Gasteiger partial charge in [-0.25, -0.2) is 4.79 Å². The normalized spacial score (nSPS) is 13.7. The number of carbonyl (C=O) groups excluding carboxylic acids is 2. The lowest BCUT2D eigenvalue weighted by molar-refractivity contribution is -0.870. The number of carboxylic acids is 1. The number of likely N-dealkylation sites (N-methyl/N-ethyl adjacent to an activating group) is 1. The fourth-order valence-corrected chi connectivity index (χ4v) is 7.71. The van der Waals surface area contributed by atoms with Crippen LogP contribution >= 0.6 is 0 Å². The van der Waals surface area contributed by atoms with Crippen molar-refractivity contribution in [2.45, 2.75) is 232 Å². The molecule has 0 saturated heterocycles. The van der Waals surface area contributed by atoms with E-state index in [0.717, 1.165) is 103 Å². The molecule has 426 valence electrons. The molecular weight excluding hydrogens is 935 g/mol. The second-order valence-electron chi connectivity index (χ2n) is 20.5. The highest BCUT2D eigenvalue weighted by molar-refractivity contribution is 5.71. The molecule has 0 rings (SSSR count). The third-order valence-corrected chi connectivity index (χ3v) is 12.2.